The summed E-state index contributed by atoms with van der Waals surface area (Å²) in [5.41, 5.74) is 0.681. The number of aromatic nitrogens is 1. The first-order valence-corrected chi connectivity index (χ1v) is 6.74. The molecule has 0 spiro atoms. The van der Waals surface area contributed by atoms with Crippen LogP contribution in [-0.4, -0.2) is 10.9 Å². The molecule has 0 bridgehead atoms. The second-order valence-corrected chi connectivity index (χ2v) is 6.01. The first kappa shape index (κ1) is 11.4. The fourth-order valence-electron chi connectivity index (χ4n) is 1.55. The Hall–Kier alpha value is -1.66. The van der Waals surface area contributed by atoms with E-state index in [1.54, 1.807) is 24.4 Å². The summed E-state index contributed by atoms with van der Waals surface area (Å²) in [5, 5.41) is 3.48. The van der Waals surface area contributed by atoms with E-state index < -0.39 is 0 Å². The SMILES string of the molecule is O=C1Nc2ccccc2O/C1=C\c1ncc(Br)s1. The lowest BCUT2D eigenvalue weighted by Crippen LogP contribution is -2.23. The number of para-hydroxylation sites is 2. The minimum Gasteiger partial charge on any atom is -0.449 e. The normalized spacial score (nSPS) is 16.1. The number of hydrogen-bond donors (Lipinski definition) is 1. The maximum Gasteiger partial charge on any atom is 0.291 e. The number of hydrogen-bond acceptors (Lipinski definition) is 4. The molecule has 1 amide bonds. The molecule has 0 saturated carbocycles. The molecule has 0 saturated heterocycles. The second kappa shape index (κ2) is 4.55. The molecule has 1 aliphatic heterocycles. The number of carbonyl (C=O) groups is 1. The van der Waals surface area contributed by atoms with Crippen LogP contribution in [0.3, 0.4) is 0 Å². The van der Waals surface area contributed by atoms with Gasteiger partial charge in [0.25, 0.3) is 5.91 Å². The van der Waals surface area contributed by atoms with Crippen molar-refractivity contribution in [2.24, 2.45) is 0 Å². The summed E-state index contributed by atoms with van der Waals surface area (Å²) in [6, 6.07) is 7.30. The molecule has 3 rings (SSSR count). The minimum absolute atomic E-state index is 0.246. The van der Waals surface area contributed by atoms with Gasteiger partial charge in [-0.1, -0.05) is 12.1 Å². The Labute approximate surface area is 115 Å². The number of rotatable bonds is 1. The molecule has 0 fully saturated rings. The fourth-order valence-corrected chi connectivity index (χ4v) is 2.72. The highest BCUT2D eigenvalue weighted by Gasteiger charge is 2.21. The number of nitrogens with one attached hydrogen (secondary N) is 1. The summed E-state index contributed by atoms with van der Waals surface area (Å²) in [6.45, 7) is 0. The second-order valence-electron chi connectivity index (χ2n) is 3.56. The molecule has 1 aliphatic rings. The molecule has 0 aliphatic carbocycles. The van der Waals surface area contributed by atoms with Crippen molar-refractivity contribution in [1.29, 1.82) is 0 Å². The van der Waals surface area contributed by atoms with Gasteiger partial charge in [0.1, 0.15) is 5.01 Å². The summed E-state index contributed by atoms with van der Waals surface area (Å²) in [5.74, 6) is 0.620. The topological polar surface area (TPSA) is 51.2 Å². The van der Waals surface area contributed by atoms with Crippen LogP contribution in [0.25, 0.3) is 6.08 Å². The molecule has 90 valence electrons. The van der Waals surface area contributed by atoms with E-state index in [0.717, 1.165) is 3.79 Å². The van der Waals surface area contributed by atoms with Gasteiger partial charge in [0.2, 0.25) is 0 Å². The van der Waals surface area contributed by atoms with Crippen molar-refractivity contribution in [2.75, 3.05) is 5.32 Å². The Morgan fingerprint density at radius 3 is 3.00 bits per heavy atom. The van der Waals surface area contributed by atoms with Crippen molar-refractivity contribution >= 4 is 44.9 Å². The van der Waals surface area contributed by atoms with Gasteiger partial charge in [0, 0.05) is 6.08 Å². The summed E-state index contributed by atoms with van der Waals surface area (Å²) in [4.78, 5) is 16.0. The first-order valence-electron chi connectivity index (χ1n) is 5.13. The molecule has 1 aromatic carbocycles. The Kier molecular flexibility index (Phi) is 2.89. The molecular weight excluding hydrogens is 316 g/mol. The van der Waals surface area contributed by atoms with E-state index in [1.165, 1.54) is 11.3 Å². The minimum atomic E-state index is -0.264. The van der Waals surface area contributed by atoms with E-state index in [9.17, 15) is 4.79 Å². The Morgan fingerprint density at radius 2 is 2.22 bits per heavy atom. The van der Waals surface area contributed by atoms with Crippen LogP contribution < -0.4 is 10.1 Å². The molecule has 2 heterocycles. The first-order chi connectivity index (χ1) is 8.72. The lowest BCUT2D eigenvalue weighted by molar-refractivity contribution is -0.115. The highest BCUT2D eigenvalue weighted by molar-refractivity contribution is 9.11. The number of nitrogens with zero attached hydrogens (tertiary/aromatic N) is 1. The zero-order valence-electron chi connectivity index (χ0n) is 9.01. The Bertz CT molecular complexity index is 651. The van der Waals surface area contributed by atoms with Crippen LogP contribution in [0.15, 0.2) is 40.0 Å². The third kappa shape index (κ3) is 2.16. The number of ether oxygens (including phenoxy) is 1. The predicted molar refractivity (Wildman–Crippen MR) is 73.5 cm³/mol. The summed E-state index contributed by atoms with van der Waals surface area (Å²) < 4.78 is 6.47. The number of anilines is 1. The number of fused-ring (bicyclic) bond motifs is 1. The third-order valence-electron chi connectivity index (χ3n) is 2.33. The molecule has 1 N–H and O–H groups in total. The van der Waals surface area contributed by atoms with Crippen molar-refractivity contribution in [2.45, 2.75) is 0 Å². The zero-order valence-corrected chi connectivity index (χ0v) is 11.4. The average Bonchev–Trinajstić information content (AvgIpc) is 2.76. The maximum atomic E-state index is 11.8. The van der Waals surface area contributed by atoms with E-state index in [-0.39, 0.29) is 11.7 Å². The Balaban J connectivity index is 1.96. The van der Waals surface area contributed by atoms with Crippen molar-refractivity contribution in [1.82, 2.24) is 4.98 Å². The van der Waals surface area contributed by atoms with Crippen LogP contribution in [0.5, 0.6) is 5.75 Å². The Morgan fingerprint density at radius 1 is 1.39 bits per heavy atom. The largest absolute Gasteiger partial charge is 0.449 e. The average molecular weight is 323 g/mol. The van der Waals surface area contributed by atoms with Gasteiger partial charge in [-0.05, 0) is 28.1 Å². The van der Waals surface area contributed by atoms with Gasteiger partial charge in [0.15, 0.2) is 11.5 Å². The van der Waals surface area contributed by atoms with Crippen LogP contribution in [-0.2, 0) is 4.79 Å². The monoisotopic (exact) mass is 322 g/mol. The molecule has 1 aromatic heterocycles. The zero-order chi connectivity index (χ0) is 12.5. The van der Waals surface area contributed by atoms with E-state index in [2.05, 4.69) is 26.2 Å². The molecule has 6 heteroatoms. The van der Waals surface area contributed by atoms with E-state index in [0.29, 0.717) is 16.4 Å². The van der Waals surface area contributed by atoms with E-state index in [1.807, 2.05) is 12.1 Å². The molecule has 0 radical (unpaired) electrons. The summed E-state index contributed by atoms with van der Waals surface area (Å²) in [6.07, 6.45) is 3.31. The van der Waals surface area contributed by atoms with Crippen molar-refractivity contribution in [3.8, 4) is 5.75 Å². The summed E-state index contributed by atoms with van der Waals surface area (Å²) in [7, 11) is 0. The van der Waals surface area contributed by atoms with Crippen molar-refractivity contribution in [3.63, 3.8) is 0 Å². The predicted octanol–water partition coefficient (Wildman–Crippen LogP) is 3.28. The van der Waals surface area contributed by atoms with Crippen molar-refractivity contribution < 1.29 is 9.53 Å². The molecule has 0 atom stereocenters. The highest BCUT2D eigenvalue weighted by atomic mass is 79.9. The smallest absolute Gasteiger partial charge is 0.291 e. The number of halogens is 1. The van der Waals surface area contributed by atoms with E-state index >= 15 is 0 Å². The molecule has 4 nitrogen and oxygen atoms in total. The third-order valence-corrected chi connectivity index (χ3v) is 3.75. The van der Waals surface area contributed by atoms with Crippen LogP contribution in [0, 0.1) is 0 Å². The quantitative estimate of drug-likeness (QED) is 0.820. The lowest BCUT2D eigenvalue weighted by Gasteiger charge is -2.19. The maximum absolute atomic E-state index is 11.8. The lowest BCUT2D eigenvalue weighted by atomic mass is 10.2. The standard InChI is InChI=1S/C12H7BrN2O2S/c13-10-6-14-11(18-10)5-9-12(16)15-7-3-1-2-4-8(7)17-9/h1-6H,(H,15,16)/b9-5-. The molecule has 18 heavy (non-hydrogen) atoms. The van der Waals surface area contributed by atoms with Gasteiger partial charge in [-0.2, -0.15) is 0 Å². The molecule has 0 unspecified atom stereocenters. The fraction of sp³-hybridized carbons (Fsp3) is 0. The van der Waals surface area contributed by atoms with Gasteiger partial charge in [-0.15, -0.1) is 11.3 Å². The van der Waals surface area contributed by atoms with Crippen molar-refractivity contribution in [3.05, 3.63) is 45.0 Å². The van der Waals surface area contributed by atoms with Gasteiger partial charge in [0.05, 0.1) is 15.7 Å². The van der Waals surface area contributed by atoms with Gasteiger partial charge in [-0.3, -0.25) is 4.79 Å². The van der Waals surface area contributed by atoms with Crippen LogP contribution in [0.1, 0.15) is 5.01 Å². The van der Waals surface area contributed by atoms with Gasteiger partial charge in [-0.25, -0.2) is 4.98 Å². The number of amides is 1. The van der Waals surface area contributed by atoms with E-state index in [4.69, 9.17) is 4.74 Å². The summed E-state index contributed by atoms with van der Waals surface area (Å²) >= 11 is 4.76. The molecular formula is C12H7BrN2O2S. The highest BCUT2D eigenvalue weighted by Crippen LogP contribution is 2.31. The van der Waals surface area contributed by atoms with Crippen LogP contribution >= 0.6 is 27.3 Å². The van der Waals surface area contributed by atoms with Crippen LogP contribution in [0.4, 0.5) is 5.69 Å². The van der Waals surface area contributed by atoms with Gasteiger partial charge >= 0.3 is 0 Å². The number of benzene rings is 1. The van der Waals surface area contributed by atoms with Crippen LogP contribution in [0.2, 0.25) is 0 Å². The number of carbonyl (C=O) groups excluding carboxylic acids is 1. The van der Waals surface area contributed by atoms with Gasteiger partial charge < -0.3 is 10.1 Å². The number of thiazole rings is 1. The molecule has 2 aromatic rings.